The molecular weight excluding hydrogens is 370 g/mol. The summed E-state index contributed by atoms with van der Waals surface area (Å²) >= 11 is 6.25. The maximum atomic E-state index is 13.8. The first-order valence-corrected chi connectivity index (χ1v) is 8.99. The van der Waals surface area contributed by atoms with Crippen LogP contribution >= 0.6 is 11.6 Å². The molecule has 4 rings (SSSR count). The Bertz CT molecular complexity index is 980. The van der Waals surface area contributed by atoms with Gasteiger partial charge in [0.15, 0.2) is 0 Å². The molecule has 3 aromatic rings. The van der Waals surface area contributed by atoms with E-state index in [1.807, 2.05) is 24.3 Å². The van der Waals surface area contributed by atoms with Crippen LogP contribution < -0.4 is 5.32 Å². The molecule has 1 aromatic heterocycles. The van der Waals surface area contributed by atoms with E-state index in [9.17, 15) is 8.78 Å². The zero-order chi connectivity index (χ0) is 18.8. The van der Waals surface area contributed by atoms with Crippen LogP contribution in [-0.4, -0.2) is 21.4 Å². The Labute approximate surface area is 160 Å². The van der Waals surface area contributed by atoms with E-state index in [-0.39, 0.29) is 5.69 Å². The van der Waals surface area contributed by atoms with Gasteiger partial charge in [-0.2, -0.15) is 0 Å². The largest absolute Gasteiger partial charge is 0.322 e. The van der Waals surface area contributed by atoms with Crippen LogP contribution in [0.25, 0.3) is 0 Å². The van der Waals surface area contributed by atoms with Gasteiger partial charge < -0.3 is 5.32 Å². The molecule has 2 aromatic carbocycles. The second kappa shape index (κ2) is 7.58. The van der Waals surface area contributed by atoms with Crippen LogP contribution in [0.15, 0.2) is 48.7 Å². The van der Waals surface area contributed by atoms with E-state index >= 15 is 0 Å². The number of rotatable bonds is 4. The molecule has 0 fully saturated rings. The zero-order valence-electron chi connectivity index (χ0n) is 14.4. The average Bonchev–Trinajstić information content (AvgIpc) is 2.66. The van der Waals surface area contributed by atoms with Crippen LogP contribution in [-0.2, 0) is 19.5 Å². The number of anilines is 2. The Morgan fingerprint density at radius 3 is 2.81 bits per heavy atom. The maximum absolute atomic E-state index is 13.8. The smallest absolute Gasteiger partial charge is 0.227 e. The van der Waals surface area contributed by atoms with E-state index in [4.69, 9.17) is 11.6 Å². The number of halogens is 3. The third kappa shape index (κ3) is 4.07. The second-order valence-electron chi connectivity index (χ2n) is 6.47. The molecule has 0 radical (unpaired) electrons. The van der Waals surface area contributed by atoms with E-state index in [0.717, 1.165) is 54.0 Å². The van der Waals surface area contributed by atoms with Gasteiger partial charge in [0.25, 0.3) is 0 Å². The van der Waals surface area contributed by atoms with Crippen molar-refractivity contribution in [2.24, 2.45) is 0 Å². The predicted molar refractivity (Wildman–Crippen MR) is 101 cm³/mol. The SMILES string of the molecule is Fc1ccc(Nc2ncc3c(n2)CCN(Cc2ccccc2Cl)C3)c(F)c1. The standard InChI is InChI=1S/C20H17ClF2N4/c21-16-4-2-1-3-13(16)11-27-8-7-18-14(12-27)10-24-20(25-18)26-19-6-5-15(22)9-17(19)23/h1-6,9-10H,7-8,11-12H2,(H,24,25,26). The molecular formula is C20H17ClF2N4. The Balaban J connectivity index is 1.47. The first-order chi connectivity index (χ1) is 13.1. The molecule has 0 amide bonds. The molecule has 4 nitrogen and oxygen atoms in total. The monoisotopic (exact) mass is 386 g/mol. The van der Waals surface area contributed by atoms with Crippen molar-refractivity contribution in [3.63, 3.8) is 0 Å². The Morgan fingerprint density at radius 1 is 1.15 bits per heavy atom. The Morgan fingerprint density at radius 2 is 2.00 bits per heavy atom. The van der Waals surface area contributed by atoms with Crippen LogP contribution in [0, 0.1) is 11.6 Å². The summed E-state index contributed by atoms with van der Waals surface area (Å²) in [6, 6.07) is 11.2. The number of nitrogens with zero attached hydrogens (tertiary/aromatic N) is 3. The highest BCUT2D eigenvalue weighted by Crippen LogP contribution is 2.24. The molecule has 0 spiro atoms. The summed E-state index contributed by atoms with van der Waals surface area (Å²) in [5.41, 5.74) is 3.21. The molecule has 0 bridgehead atoms. The first kappa shape index (κ1) is 17.8. The highest BCUT2D eigenvalue weighted by atomic mass is 35.5. The van der Waals surface area contributed by atoms with Gasteiger partial charge in [-0.1, -0.05) is 29.8 Å². The summed E-state index contributed by atoms with van der Waals surface area (Å²) in [6.07, 6.45) is 2.52. The predicted octanol–water partition coefficient (Wildman–Crippen LogP) is 4.71. The summed E-state index contributed by atoms with van der Waals surface area (Å²) in [5.74, 6) is -0.996. The van der Waals surface area contributed by atoms with E-state index in [1.54, 1.807) is 6.20 Å². The summed E-state index contributed by atoms with van der Waals surface area (Å²) in [5, 5.41) is 3.58. The molecule has 0 aliphatic carbocycles. The molecule has 138 valence electrons. The fourth-order valence-corrected chi connectivity index (χ4v) is 3.34. The summed E-state index contributed by atoms with van der Waals surface area (Å²) in [4.78, 5) is 11.1. The lowest BCUT2D eigenvalue weighted by Crippen LogP contribution is -2.31. The normalized spacial score (nSPS) is 14.0. The number of aromatic nitrogens is 2. The van der Waals surface area contributed by atoms with Gasteiger partial charge in [-0.05, 0) is 23.8 Å². The van der Waals surface area contributed by atoms with Gasteiger partial charge in [-0.3, -0.25) is 4.90 Å². The summed E-state index contributed by atoms with van der Waals surface area (Å²) in [6.45, 7) is 2.34. The molecule has 1 N–H and O–H groups in total. The van der Waals surface area contributed by atoms with Crippen molar-refractivity contribution >= 4 is 23.2 Å². The first-order valence-electron chi connectivity index (χ1n) is 8.61. The van der Waals surface area contributed by atoms with Gasteiger partial charge in [0.2, 0.25) is 5.95 Å². The van der Waals surface area contributed by atoms with E-state index in [1.165, 1.54) is 12.1 Å². The number of benzene rings is 2. The fourth-order valence-electron chi connectivity index (χ4n) is 3.15. The van der Waals surface area contributed by atoms with Gasteiger partial charge in [0, 0.05) is 48.9 Å². The molecule has 0 unspecified atom stereocenters. The fraction of sp³-hybridized carbons (Fsp3) is 0.200. The molecule has 27 heavy (non-hydrogen) atoms. The van der Waals surface area contributed by atoms with Crippen molar-refractivity contribution in [3.8, 4) is 0 Å². The van der Waals surface area contributed by atoms with Crippen molar-refractivity contribution in [1.82, 2.24) is 14.9 Å². The number of hydrogen-bond acceptors (Lipinski definition) is 4. The van der Waals surface area contributed by atoms with Crippen LogP contribution in [0.4, 0.5) is 20.4 Å². The Hall–Kier alpha value is -2.57. The van der Waals surface area contributed by atoms with Crippen LogP contribution in [0.2, 0.25) is 5.02 Å². The number of nitrogens with one attached hydrogen (secondary N) is 1. The lowest BCUT2D eigenvalue weighted by molar-refractivity contribution is 0.243. The lowest BCUT2D eigenvalue weighted by atomic mass is 10.1. The van der Waals surface area contributed by atoms with Gasteiger partial charge >= 0.3 is 0 Å². The van der Waals surface area contributed by atoms with Crippen molar-refractivity contribution in [2.75, 3.05) is 11.9 Å². The molecule has 7 heteroatoms. The zero-order valence-corrected chi connectivity index (χ0v) is 15.2. The Kier molecular flexibility index (Phi) is 5.01. The van der Waals surface area contributed by atoms with Crippen molar-refractivity contribution in [2.45, 2.75) is 19.5 Å². The van der Waals surface area contributed by atoms with E-state index in [0.29, 0.717) is 5.95 Å². The minimum absolute atomic E-state index is 0.146. The summed E-state index contributed by atoms with van der Waals surface area (Å²) in [7, 11) is 0. The summed E-state index contributed by atoms with van der Waals surface area (Å²) < 4.78 is 26.8. The molecule has 1 aliphatic heterocycles. The highest BCUT2D eigenvalue weighted by molar-refractivity contribution is 6.31. The number of fused-ring (bicyclic) bond motifs is 1. The molecule has 0 saturated heterocycles. The molecule has 0 atom stereocenters. The van der Waals surface area contributed by atoms with E-state index in [2.05, 4.69) is 20.2 Å². The van der Waals surface area contributed by atoms with Crippen molar-refractivity contribution in [3.05, 3.63) is 82.1 Å². The molecule has 2 heterocycles. The van der Waals surface area contributed by atoms with Gasteiger partial charge in [0.1, 0.15) is 11.6 Å². The van der Waals surface area contributed by atoms with Crippen molar-refractivity contribution < 1.29 is 8.78 Å². The van der Waals surface area contributed by atoms with Gasteiger partial charge in [-0.15, -0.1) is 0 Å². The van der Waals surface area contributed by atoms with Crippen LogP contribution in [0.3, 0.4) is 0 Å². The minimum atomic E-state index is -0.678. The quantitative estimate of drug-likeness (QED) is 0.705. The third-order valence-electron chi connectivity index (χ3n) is 4.54. The highest BCUT2D eigenvalue weighted by Gasteiger charge is 2.19. The third-order valence-corrected chi connectivity index (χ3v) is 4.91. The van der Waals surface area contributed by atoms with Crippen molar-refractivity contribution in [1.29, 1.82) is 0 Å². The average molecular weight is 387 g/mol. The van der Waals surface area contributed by atoms with E-state index < -0.39 is 11.6 Å². The van der Waals surface area contributed by atoms with Crippen LogP contribution in [0.1, 0.15) is 16.8 Å². The van der Waals surface area contributed by atoms with Gasteiger partial charge in [-0.25, -0.2) is 18.7 Å². The molecule has 0 saturated carbocycles. The molecule has 1 aliphatic rings. The van der Waals surface area contributed by atoms with Crippen LogP contribution in [0.5, 0.6) is 0 Å². The van der Waals surface area contributed by atoms with Gasteiger partial charge in [0.05, 0.1) is 11.4 Å². The topological polar surface area (TPSA) is 41.1 Å². The second-order valence-corrected chi connectivity index (χ2v) is 6.87. The lowest BCUT2D eigenvalue weighted by Gasteiger charge is -2.28. The maximum Gasteiger partial charge on any atom is 0.227 e. The minimum Gasteiger partial charge on any atom is -0.322 e. The number of hydrogen-bond donors (Lipinski definition) is 1.